The third-order valence-electron chi connectivity index (χ3n) is 6.58. The summed E-state index contributed by atoms with van der Waals surface area (Å²) >= 11 is 0. The van der Waals surface area contributed by atoms with Crippen LogP contribution < -0.4 is 10.2 Å². The van der Waals surface area contributed by atoms with Crippen molar-refractivity contribution in [2.75, 3.05) is 4.90 Å². The molecule has 38 heavy (non-hydrogen) atoms. The number of nitrogens with one attached hydrogen (secondary N) is 1. The largest absolute Gasteiger partial charge is 0.349 e. The molecule has 0 radical (unpaired) electrons. The third kappa shape index (κ3) is 5.61. The summed E-state index contributed by atoms with van der Waals surface area (Å²) in [6.45, 7) is 6.84. The Morgan fingerprint density at radius 2 is 1.66 bits per heavy atom. The van der Waals surface area contributed by atoms with Crippen LogP contribution in [0.1, 0.15) is 56.1 Å². The van der Waals surface area contributed by atoms with E-state index >= 15 is 4.39 Å². The van der Waals surface area contributed by atoms with Crippen molar-refractivity contribution in [3.63, 3.8) is 0 Å². The minimum Gasteiger partial charge on any atom is -0.349 e. The van der Waals surface area contributed by atoms with E-state index in [4.69, 9.17) is 0 Å². The van der Waals surface area contributed by atoms with Crippen LogP contribution in [0, 0.1) is 5.82 Å². The van der Waals surface area contributed by atoms with Crippen molar-refractivity contribution >= 4 is 34.3 Å². The number of carbonyl (C=O) groups excluding carboxylic acids is 3. The molecule has 0 unspecified atom stereocenters. The number of carbonyl (C=O) groups is 3. The summed E-state index contributed by atoms with van der Waals surface area (Å²) in [7, 11) is 0. The first-order valence-corrected chi connectivity index (χ1v) is 12.4. The molecule has 0 fully saturated rings. The van der Waals surface area contributed by atoms with E-state index in [1.807, 2.05) is 32.9 Å². The Labute approximate surface area is 220 Å². The lowest BCUT2D eigenvalue weighted by atomic mass is 9.97. The lowest BCUT2D eigenvalue weighted by Gasteiger charge is -2.34. The van der Waals surface area contributed by atoms with Gasteiger partial charge in [-0.25, -0.2) is 9.07 Å². The molecule has 1 atom stereocenters. The average Bonchev–Trinajstić information content (AvgIpc) is 3.30. The summed E-state index contributed by atoms with van der Waals surface area (Å²) in [5.74, 6) is -1.80. The summed E-state index contributed by atoms with van der Waals surface area (Å²) in [5, 5.41) is 11.2. The highest BCUT2D eigenvalue weighted by atomic mass is 19.1. The molecule has 0 spiro atoms. The maximum atomic E-state index is 15.2. The molecule has 3 aromatic carbocycles. The average molecular weight is 516 g/mol. The summed E-state index contributed by atoms with van der Waals surface area (Å²) in [5.41, 5.74) is 1.49. The maximum absolute atomic E-state index is 15.2. The Balaban J connectivity index is 1.85. The quantitative estimate of drug-likeness (QED) is 0.321. The number of rotatable bonds is 9. The SMILES string of the molecule is CCC(C)(C)NC(=O)[C@H](c1ccccc1F)N(C(=O)Cn1nnc2ccccc21)c1ccc(C(C)=O)cc1. The van der Waals surface area contributed by atoms with Gasteiger partial charge in [0.15, 0.2) is 5.78 Å². The molecule has 1 aromatic heterocycles. The molecule has 0 bridgehead atoms. The second kappa shape index (κ2) is 10.9. The molecule has 0 saturated carbocycles. The van der Waals surface area contributed by atoms with Crippen molar-refractivity contribution in [3.05, 3.63) is 89.7 Å². The van der Waals surface area contributed by atoms with Crippen molar-refractivity contribution in [2.45, 2.75) is 52.2 Å². The Morgan fingerprint density at radius 3 is 2.32 bits per heavy atom. The van der Waals surface area contributed by atoms with Crippen molar-refractivity contribution in [3.8, 4) is 0 Å². The highest BCUT2D eigenvalue weighted by Crippen LogP contribution is 2.31. The number of benzene rings is 3. The van der Waals surface area contributed by atoms with E-state index in [9.17, 15) is 14.4 Å². The van der Waals surface area contributed by atoms with E-state index in [0.29, 0.717) is 28.7 Å². The van der Waals surface area contributed by atoms with E-state index in [2.05, 4.69) is 15.6 Å². The van der Waals surface area contributed by atoms with Gasteiger partial charge in [-0.2, -0.15) is 0 Å². The lowest BCUT2D eigenvalue weighted by Crippen LogP contribution is -2.51. The Hall–Kier alpha value is -4.40. The molecule has 0 aliphatic heterocycles. The zero-order valence-electron chi connectivity index (χ0n) is 21.8. The van der Waals surface area contributed by atoms with Gasteiger partial charge in [0.25, 0.3) is 0 Å². The van der Waals surface area contributed by atoms with E-state index in [-0.39, 0.29) is 17.9 Å². The molecule has 0 aliphatic carbocycles. The Morgan fingerprint density at radius 1 is 1.00 bits per heavy atom. The van der Waals surface area contributed by atoms with Gasteiger partial charge in [0.1, 0.15) is 23.9 Å². The fourth-order valence-corrected chi connectivity index (χ4v) is 4.12. The van der Waals surface area contributed by atoms with Gasteiger partial charge in [0, 0.05) is 22.4 Å². The standard InChI is InChI=1S/C29H30FN5O3/c1-5-29(3,4)31-28(38)27(22-10-6-7-11-23(22)30)35(21-16-14-20(15-17-21)19(2)36)26(37)18-34-25-13-9-8-12-24(25)32-33-34/h6-17,27H,5,18H2,1-4H3,(H,31,38)/t27-/m0/s1. The summed E-state index contributed by atoms with van der Waals surface area (Å²) in [6, 6.07) is 18.1. The fraction of sp³-hybridized carbons (Fsp3) is 0.276. The fourth-order valence-electron chi connectivity index (χ4n) is 4.12. The van der Waals surface area contributed by atoms with Crippen molar-refractivity contribution in [1.29, 1.82) is 0 Å². The van der Waals surface area contributed by atoms with Crippen LogP contribution in [-0.2, 0) is 16.1 Å². The molecule has 0 saturated heterocycles. The zero-order chi connectivity index (χ0) is 27.4. The molecule has 196 valence electrons. The minimum atomic E-state index is -1.33. The normalized spacial score (nSPS) is 12.2. The van der Waals surface area contributed by atoms with Gasteiger partial charge in [-0.15, -0.1) is 5.10 Å². The topological polar surface area (TPSA) is 97.2 Å². The van der Waals surface area contributed by atoms with E-state index < -0.39 is 29.2 Å². The van der Waals surface area contributed by atoms with Crippen LogP contribution in [0.5, 0.6) is 0 Å². The first kappa shape index (κ1) is 26.7. The molecule has 4 rings (SSSR count). The molecule has 9 heteroatoms. The van der Waals surface area contributed by atoms with Gasteiger partial charge < -0.3 is 5.32 Å². The number of halogens is 1. The predicted octanol–water partition coefficient (Wildman–Crippen LogP) is 4.85. The van der Waals surface area contributed by atoms with Crippen LogP contribution in [0.3, 0.4) is 0 Å². The summed E-state index contributed by atoms with van der Waals surface area (Å²) < 4.78 is 16.7. The van der Waals surface area contributed by atoms with Gasteiger partial charge >= 0.3 is 0 Å². The van der Waals surface area contributed by atoms with Crippen molar-refractivity contribution < 1.29 is 18.8 Å². The summed E-state index contributed by atoms with van der Waals surface area (Å²) in [6.07, 6.45) is 0.620. The van der Waals surface area contributed by atoms with Crippen LogP contribution in [0.4, 0.5) is 10.1 Å². The first-order valence-electron chi connectivity index (χ1n) is 12.4. The van der Waals surface area contributed by atoms with Gasteiger partial charge in [-0.1, -0.05) is 42.5 Å². The molecule has 0 aliphatic rings. The van der Waals surface area contributed by atoms with E-state index in [1.54, 1.807) is 42.5 Å². The smallest absolute Gasteiger partial charge is 0.249 e. The Kier molecular flexibility index (Phi) is 7.66. The van der Waals surface area contributed by atoms with Gasteiger partial charge in [0.2, 0.25) is 11.8 Å². The lowest BCUT2D eigenvalue weighted by molar-refractivity contribution is -0.128. The van der Waals surface area contributed by atoms with Gasteiger partial charge in [-0.3, -0.25) is 19.3 Å². The number of amides is 2. The van der Waals surface area contributed by atoms with Crippen LogP contribution >= 0.6 is 0 Å². The van der Waals surface area contributed by atoms with Gasteiger partial charge in [0.05, 0.1) is 5.52 Å². The number of ketones is 1. The molecule has 8 nitrogen and oxygen atoms in total. The zero-order valence-corrected chi connectivity index (χ0v) is 21.8. The molecule has 1 N–H and O–H groups in total. The highest BCUT2D eigenvalue weighted by molar-refractivity contribution is 6.02. The Bertz CT molecular complexity index is 1480. The first-order chi connectivity index (χ1) is 18.1. The monoisotopic (exact) mass is 515 g/mol. The number of fused-ring (bicyclic) bond motifs is 1. The third-order valence-corrected chi connectivity index (χ3v) is 6.58. The number of hydrogen-bond acceptors (Lipinski definition) is 5. The number of aromatic nitrogens is 3. The number of nitrogens with zero attached hydrogens (tertiary/aromatic N) is 4. The molecular formula is C29H30FN5O3. The molecule has 2 amide bonds. The van der Waals surface area contributed by atoms with Crippen LogP contribution in [0.15, 0.2) is 72.8 Å². The summed E-state index contributed by atoms with van der Waals surface area (Å²) in [4.78, 5) is 41.0. The second-order valence-corrected chi connectivity index (χ2v) is 9.75. The number of para-hydroxylation sites is 1. The molecular weight excluding hydrogens is 485 g/mol. The minimum absolute atomic E-state index is 0.0457. The van der Waals surface area contributed by atoms with Gasteiger partial charge in [-0.05, 0) is 69.7 Å². The van der Waals surface area contributed by atoms with E-state index in [0.717, 1.165) is 0 Å². The highest BCUT2D eigenvalue weighted by Gasteiger charge is 2.36. The number of Topliss-reactive ketones (excluding diaryl/α,β-unsaturated/α-hetero) is 1. The van der Waals surface area contributed by atoms with Crippen LogP contribution in [0.2, 0.25) is 0 Å². The number of hydrogen-bond donors (Lipinski definition) is 1. The predicted molar refractivity (Wildman–Crippen MR) is 143 cm³/mol. The number of anilines is 1. The van der Waals surface area contributed by atoms with E-state index in [1.165, 1.54) is 34.7 Å². The van der Waals surface area contributed by atoms with Crippen molar-refractivity contribution in [2.24, 2.45) is 0 Å². The van der Waals surface area contributed by atoms with Crippen LogP contribution in [-0.4, -0.2) is 38.1 Å². The molecule has 1 heterocycles. The maximum Gasteiger partial charge on any atom is 0.249 e. The molecule has 4 aromatic rings. The van der Waals surface area contributed by atoms with Crippen LogP contribution in [0.25, 0.3) is 11.0 Å². The van der Waals surface area contributed by atoms with Crippen molar-refractivity contribution in [1.82, 2.24) is 20.3 Å². The second-order valence-electron chi connectivity index (χ2n) is 9.75.